The Hall–Kier alpha value is -1.94. The maximum Gasteiger partial charge on any atom is 0.237 e. The fourth-order valence-electron chi connectivity index (χ4n) is 2.17. The molecule has 1 aromatic heterocycles. The zero-order valence-electron chi connectivity index (χ0n) is 11.2. The normalized spacial score (nSPS) is 10.5. The van der Waals surface area contributed by atoms with Gasteiger partial charge in [0.1, 0.15) is 0 Å². The van der Waals surface area contributed by atoms with Gasteiger partial charge >= 0.3 is 0 Å². The Balaban J connectivity index is 2.70. The van der Waals surface area contributed by atoms with Crippen LogP contribution in [-0.2, 0) is 0 Å². The van der Waals surface area contributed by atoms with Gasteiger partial charge in [0.05, 0.1) is 5.69 Å². The molecule has 0 aliphatic carbocycles. The van der Waals surface area contributed by atoms with E-state index in [1.54, 1.807) is 6.20 Å². The first-order valence-electron chi connectivity index (χ1n) is 5.92. The molecule has 0 fully saturated rings. The maximum atomic E-state index is 5.36. The van der Waals surface area contributed by atoms with Crippen LogP contribution in [0.1, 0.15) is 22.3 Å². The highest BCUT2D eigenvalue weighted by atomic mass is 15.3. The maximum absolute atomic E-state index is 5.36. The summed E-state index contributed by atoms with van der Waals surface area (Å²) in [7, 11) is 0. The summed E-state index contributed by atoms with van der Waals surface area (Å²) in [6.45, 7) is 8.48. The van der Waals surface area contributed by atoms with Gasteiger partial charge in [-0.25, -0.2) is 15.8 Å². The van der Waals surface area contributed by atoms with Crippen LogP contribution in [0.25, 0.3) is 11.3 Å². The Labute approximate surface area is 107 Å². The van der Waals surface area contributed by atoms with Crippen LogP contribution in [0.2, 0.25) is 0 Å². The molecule has 0 bridgehead atoms. The molecule has 2 rings (SSSR count). The van der Waals surface area contributed by atoms with Crippen LogP contribution >= 0.6 is 0 Å². The summed E-state index contributed by atoms with van der Waals surface area (Å²) in [4.78, 5) is 8.46. The third kappa shape index (κ3) is 2.07. The number of nitrogens with zero attached hydrogens (tertiary/aromatic N) is 2. The van der Waals surface area contributed by atoms with Crippen LogP contribution in [-0.4, -0.2) is 9.97 Å². The van der Waals surface area contributed by atoms with Crippen molar-refractivity contribution in [3.05, 3.63) is 40.6 Å². The highest BCUT2D eigenvalue weighted by Gasteiger charge is 2.12. The van der Waals surface area contributed by atoms with Crippen molar-refractivity contribution < 1.29 is 0 Å². The van der Waals surface area contributed by atoms with Crippen molar-refractivity contribution in [2.24, 2.45) is 5.84 Å². The highest BCUT2D eigenvalue weighted by Crippen LogP contribution is 2.30. The van der Waals surface area contributed by atoms with Gasteiger partial charge in [0.15, 0.2) is 0 Å². The Bertz CT molecular complexity index is 564. The number of hydrogen-bond acceptors (Lipinski definition) is 4. The molecule has 4 nitrogen and oxygen atoms in total. The third-order valence-corrected chi connectivity index (χ3v) is 3.41. The highest BCUT2D eigenvalue weighted by molar-refractivity contribution is 5.71. The molecule has 0 unspecified atom stereocenters. The molecule has 0 saturated carbocycles. The van der Waals surface area contributed by atoms with Crippen molar-refractivity contribution in [1.82, 2.24) is 9.97 Å². The van der Waals surface area contributed by atoms with E-state index in [4.69, 9.17) is 5.84 Å². The Kier molecular flexibility index (Phi) is 3.30. The number of nitrogens with two attached hydrogens (primary N) is 1. The summed E-state index contributed by atoms with van der Waals surface area (Å²) in [6.07, 6.45) is 1.72. The molecule has 1 heterocycles. The van der Waals surface area contributed by atoms with Crippen molar-refractivity contribution >= 4 is 5.95 Å². The molecule has 0 spiro atoms. The third-order valence-electron chi connectivity index (χ3n) is 3.41. The van der Waals surface area contributed by atoms with E-state index in [0.29, 0.717) is 5.95 Å². The number of nitrogen functional groups attached to an aromatic ring is 1. The van der Waals surface area contributed by atoms with E-state index >= 15 is 0 Å². The first-order chi connectivity index (χ1) is 8.54. The fraction of sp³-hybridized carbons (Fsp3) is 0.286. The lowest BCUT2D eigenvalue weighted by Gasteiger charge is -2.15. The van der Waals surface area contributed by atoms with Crippen LogP contribution in [0.3, 0.4) is 0 Å². The number of hydrazine groups is 1. The largest absolute Gasteiger partial charge is 0.292 e. The van der Waals surface area contributed by atoms with Crippen molar-refractivity contribution in [3.63, 3.8) is 0 Å². The predicted octanol–water partition coefficient (Wildman–Crippen LogP) is 2.66. The molecule has 0 radical (unpaired) electrons. The number of aromatic nitrogens is 2. The summed E-state index contributed by atoms with van der Waals surface area (Å²) in [6, 6.07) is 4.12. The van der Waals surface area contributed by atoms with E-state index in [-0.39, 0.29) is 0 Å². The van der Waals surface area contributed by atoms with Crippen molar-refractivity contribution in [3.8, 4) is 11.3 Å². The summed E-state index contributed by atoms with van der Waals surface area (Å²) < 4.78 is 0. The minimum Gasteiger partial charge on any atom is -0.292 e. The minimum absolute atomic E-state index is 0.436. The lowest BCUT2D eigenvalue weighted by atomic mass is 9.92. The van der Waals surface area contributed by atoms with Gasteiger partial charge in [-0.15, -0.1) is 0 Å². The van der Waals surface area contributed by atoms with Gasteiger partial charge < -0.3 is 0 Å². The van der Waals surface area contributed by atoms with Crippen molar-refractivity contribution in [1.29, 1.82) is 0 Å². The van der Waals surface area contributed by atoms with Gasteiger partial charge in [-0.1, -0.05) is 6.07 Å². The van der Waals surface area contributed by atoms with Crippen LogP contribution < -0.4 is 11.3 Å². The first-order valence-corrected chi connectivity index (χ1v) is 5.92. The van der Waals surface area contributed by atoms with Gasteiger partial charge in [-0.3, -0.25) is 5.43 Å². The number of aryl methyl sites for hydroxylation is 2. The second-order valence-corrected chi connectivity index (χ2v) is 4.55. The molecule has 4 heteroatoms. The summed E-state index contributed by atoms with van der Waals surface area (Å²) in [5.41, 5.74) is 9.60. The summed E-state index contributed by atoms with van der Waals surface area (Å²) in [5, 5.41) is 0. The fourth-order valence-corrected chi connectivity index (χ4v) is 2.17. The van der Waals surface area contributed by atoms with Crippen LogP contribution in [0.15, 0.2) is 18.3 Å². The Morgan fingerprint density at radius 3 is 2.22 bits per heavy atom. The van der Waals surface area contributed by atoms with E-state index < -0.39 is 0 Å². The van der Waals surface area contributed by atoms with Crippen molar-refractivity contribution in [2.75, 3.05) is 5.43 Å². The second kappa shape index (κ2) is 4.74. The van der Waals surface area contributed by atoms with E-state index in [9.17, 15) is 0 Å². The van der Waals surface area contributed by atoms with Gasteiger partial charge in [0.25, 0.3) is 0 Å². The number of benzene rings is 1. The van der Waals surface area contributed by atoms with E-state index in [1.165, 1.54) is 27.8 Å². The number of nitrogens with one attached hydrogen (secondary N) is 1. The summed E-state index contributed by atoms with van der Waals surface area (Å²) in [5.74, 6) is 5.79. The van der Waals surface area contributed by atoms with Gasteiger partial charge in [-0.2, -0.15) is 0 Å². The molecule has 0 amide bonds. The molecule has 3 N–H and O–H groups in total. The molecule has 0 aliphatic rings. The van der Waals surface area contributed by atoms with E-state index in [0.717, 1.165) is 5.69 Å². The smallest absolute Gasteiger partial charge is 0.237 e. The lowest BCUT2D eigenvalue weighted by Crippen LogP contribution is -2.10. The lowest BCUT2D eigenvalue weighted by molar-refractivity contribution is 1.11. The van der Waals surface area contributed by atoms with Gasteiger partial charge in [-0.05, 0) is 56.0 Å². The SMILES string of the molecule is Cc1cc(C)c(C)c(-c2ccnc(NN)n2)c1C. The Morgan fingerprint density at radius 2 is 1.67 bits per heavy atom. The first kappa shape index (κ1) is 12.5. The monoisotopic (exact) mass is 242 g/mol. The number of hydrogen-bond donors (Lipinski definition) is 2. The molecule has 94 valence electrons. The van der Waals surface area contributed by atoms with E-state index in [2.05, 4.69) is 49.2 Å². The molecule has 0 atom stereocenters. The van der Waals surface area contributed by atoms with Crippen LogP contribution in [0, 0.1) is 27.7 Å². The molecular weight excluding hydrogens is 224 g/mol. The van der Waals surface area contributed by atoms with Gasteiger partial charge in [0.2, 0.25) is 5.95 Å². The molecule has 18 heavy (non-hydrogen) atoms. The second-order valence-electron chi connectivity index (χ2n) is 4.55. The average Bonchev–Trinajstić information content (AvgIpc) is 2.37. The molecule has 1 aromatic carbocycles. The minimum atomic E-state index is 0.436. The number of rotatable bonds is 2. The standard InChI is InChI=1S/C14H18N4/c1-8-7-9(2)11(4)13(10(8)3)12-5-6-16-14(17-12)18-15/h5-7H,15H2,1-4H3,(H,16,17,18). The Morgan fingerprint density at radius 1 is 1.06 bits per heavy atom. The van der Waals surface area contributed by atoms with Crippen LogP contribution in [0.5, 0.6) is 0 Å². The van der Waals surface area contributed by atoms with Crippen molar-refractivity contribution in [2.45, 2.75) is 27.7 Å². The topological polar surface area (TPSA) is 63.8 Å². The molecule has 2 aromatic rings. The van der Waals surface area contributed by atoms with Gasteiger partial charge in [0, 0.05) is 11.8 Å². The molecule has 0 aliphatic heterocycles. The predicted molar refractivity (Wildman–Crippen MR) is 74.2 cm³/mol. The average molecular weight is 242 g/mol. The molecular formula is C14H18N4. The zero-order valence-corrected chi connectivity index (χ0v) is 11.2. The van der Waals surface area contributed by atoms with Crippen LogP contribution in [0.4, 0.5) is 5.95 Å². The van der Waals surface area contributed by atoms with E-state index in [1.807, 2.05) is 6.07 Å². The zero-order chi connectivity index (χ0) is 13.3. The summed E-state index contributed by atoms with van der Waals surface area (Å²) >= 11 is 0. The molecule has 0 saturated heterocycles. The quantitative estimate of drug-likeness (QED) is 0.627. The number of anilines is 1.